The molecule has 0 bridgehead atoms. The number of hydrogen-bond donors (Lipinski definition) is 0. The van der Waals surface area contributed by atoms with Crippen LogP contribution in [0.3, 0.4) is 0 Å². The molecule has 1 fully saturated rings. The van der Waals surface area contributed by atoms with E-state index in [0.29, 0.717) is 49.1 Å². The van der Waals surface area contributed by atoms with E-state index < -0.39 is 20.0 Å². The van der Waals surface area contributed by atoms with Crippen LogP contribution in [-0.4, -0.2) is 58.1 Å². The molecule has 0 aliphatic carbocycles. The Morgan fingerprint density at radius 1 is 1.16 bits per heavy atom. The molecular weight excluding hydrogens is 474 g/mol. The molecular formula is C21H28ClN3O5S2. The molecule has 1 aromatic heterocycles. The van der Waals surface area contributed by atoms with Gasteiger partial charge in [0.1, 0.15) is 11.0 Å². The minimum absolute atomic E-state index is 0.0531. The summed E-state index contributed by atoms with van der Waals surface area (Å²) in [6.07, 6.45) is 3.40. The molecule has 32 heavy (non-hydrogen) atoms. The number of hydrogen-bond acceptors (Lipinski definition) is 6. The van der Waals surface area contributed by atoms with Crippen LogP contribution in [0.1, 0.15) is 26.7 Å². The number of aromatic nitrogens is 1. The zero-order valence-electron chi connectivity index (χ0n) is 18.3. The Hall–Kier alpha value is -1.88. The zero-order chi connectivity index (χ0) is 23.5. The third-order valence-corrected chi connectivity index (χ3v) is 8.40. The molecule has 2 aromatic rings. The maximum atomic E-state index is 13.4. The Morgan fingerprint density at radius 3 is 2.38 bits per heavy atom. The van der Waals surface area contributed by atoms with Gasteiger partial charge in [-0.15, -0.1) is 0 Å². The molecule has 1 aromatic carbocycles. The summed E-state index contributed by atoms with van der Waals surface area (Å²) in [6, 6.07) is 9.74. The standard InChI is InChI=1S/C21H28ClN3O5S2/c1-16(2)15-25(18-6-4-5-17(22)13-18)32(28,29)20-7-8-21(23-14-20)30-19-9-11-24(12-10-19)31(3,26)27/h4-8,13-14,16,19H,9-12,15H2,1-3H3. The average Bonchev–Trinajstić information content (AvgIpc) is 2.72. The fraction of sp³-hybridized carbons (Fsp3) is 0.476. The summed E-state index contributed by atoms with van der Waals surface area (Å²) >= 11 is 6.08. The Balaban J connectivity index is 1.75. The fourth-order valence-corrected chi connectivity index (χ4v) is 6.10. The lowest BCUT2D eigenvalue weighted by Gasteiger charge is -2.30. The Morgan fingerprint density at radius 2 is 1.84 bits per heavy atom. The summed E-state index contributed by atoms with van der Waals surface area (Å²) in [5.74, 6) is 0.400. The lowest BCUT2D eigenvalue weighted by atomic mass is 10.1. The van der Waals surface area contributed by atoms with Crippen LogP contribution in [0.5, 0.6) is 5.88 Å². The second-order valence-electron chi connectivity index (χ2n) is 8.22. The third kappa shape index (κ3) is 6.12. The van der Waals surface area contributed by atoms with Crippen molar-refractivity contribution in [1.82, 2.24) is 9.29 Å². The van der Waals surface area contributed by atoms with Crippen LogP contribution in [0.25, 0.3) is 0 Å². The molecule has 2 heterocycles. The van der Waals surface area contributed by atoms with Gasteiger partial charge in [-0.1, -0.05) is 31.5 Å². The van der Waals surface area contributed by atoms with Crippen LogP contribution >= 0.6 is 11.6 Å². The van der Waals surface area contributed by atoms with E-state index in [9.17, 15) is 16.8 Å². The highest BCUT2D eigenvalue weighted by Crippen LogP contribution is 2.28. The highest BCUT2D eigenvalue weighted by atomic mass is 35.5. The van der Waals surface area contributed by atoms with E-state index in [4.69, 9.17) is 16.3 Å². The van der Waals surface area contributed by atoms with Crippen molar-refractivity contribution in [3.05, 3.63) is 47.6 Å². The predicted octanol–water partition coefficient (Wildman–Crippen LogP) is 3.39. The number of ether oxygens (including phenoxy) is 1. The molecule has 8 nitrogen and oxygen atoms in total. The Bertz CT molecular complexity index is 1130. The number of piperidine rings is 1. The van der Waals surface area contributed by atoms with Crippen LogP contribution in [0, 0.1) is 5.92 Å². The highest BCUT2D eigenvalue weighted by Gasteiger charge is 2.28. The monoisotopic (exact) mass is 501 g/mol. The third-order valence-electron chi connectivity index (χ3n) is 5.08. The number of anilines is 1. The van der Waals surface area contributed by atoms with E-state index in [1.165, 1.54) is 33.2 Å². The Labute approximate surface area is 195 Å². The van der Waals surface area contributed by atoms with E-state index >= 15 is 0 Å². The summed E-state index contributed by atoms with van der Waals surface area (Å²) < 4.78 is 58.6. The largest absolute Gasteiger partial charge is 0.474 e. The number of sulfonamides is 2. The highest BCUT2D eigenvalue weighted by molar-refractivity contribution is 7.92. The molecule has 0 N–H and O–H groups in total. The lowest BCUT2D eigenvalue weighted by Crippen LogP contribution is -2.41. The van der Waals surface area contributed by atoms with Gasteiger partial charge < -0.3 is 4.74 Å². The number of benzene rings is 1. The zero-order valence-corrected chi connectivity index (χ0v) is 20.7. The first-order chi connectivity index (χ1) is 15.0. The van der Waals surface area contributed by atoms with Crippen LogP contribution in [0.15, 0.2) is 47.5 Å². The van der Waals surface area contributed by atoms with E-state index in [0.717, 1.165) is 0 Å². The molecule has 0 amide bonds. The van der Waals surface area contributed by atoms with Gasteiger partial charge >= 0.3 is 0 Å². The fourth-order valence-electron chi connectivity index (χ4n) is 3.47. The second kappa shape index (κ2) is 9.94. The molecule has 176 valence electrons. The molecule has 0 saturated carbocycles. The van der Waals surface area contributed by atoms with E-state index in [1.807, 2.05) is 13.8 Å². The van der Waals surface area contributed by atoms with Crippen molar-refractivity contribution in [2.45, 2.75) is 37.7 Å². The Kier molecular flexibility index (Phi) is 7.69. The van der Waals surface area contributed by atoms with Gasteiger partial charge in [-0.25, -0.2) is 26.1 Å². The molecule has 0 radical (unpaired) electrons. The van der Waals surface area contributed by atoms with Gasteiger partial charge in [0.2, 0.25) is 15.9 Å². The average molecular weight is 502 g/mol. The van der Waals surface area contributed by atoms with Gasteiger partial charge in [0.05, 0.1) is 18.1 Å². The number of rotatable bonds is 8. The van der Waals surface area contributed by atoms with Crippen molar-refractivity contribution in [3.8, 4) is 5.88 Å². The molecule has 3 rings (SSSR count). The summed E-state index contributed by atoms with van der Waals surface area (Å²) in [4.78, 5) is 4.25. The molecule has 0 spiro atoms. The van der Waals surface area contributed by atoms with Crippen molar-refractivity contribution >= 4 is 37.3 Å². The van der Waals surface area contributed by atoms with Gasteiger partial charge in [0, 0.05) is 30.7 Å². The predicted molar refractivity (Wildman–Crippen MR) is 125 cm³/mol. The maximum absolute atomic E-state index is 13.4. The van der Waals surface area contributed by atoms with Gasteiger partial charge in [-0.2, -0.15) is 0 Å². The van der Waals surface area contributed by atoms with Crippen LogP contribution < -0.4 is 9.04 Å². The summed E-state index contributed by atoms with van der Waals surface area (Å²) in [6.45, 7) is 4.95. The minimum Gasteiger partial charge on any atom is -0.474 e. The SMILES string of the molecule is CC(C)CN(c1cccc(Cl)c1)S(=O)(=O)c1ccc(OC2CCN(S(C)(=O)=O)CC2)nc1. The van der Waals surface area contributed by atoms with E-state index in [1.54, 1.807) is 24.3 Å². The smallest absolute Gasteiger partial charge is 0.265 e. The minimum atomic E-state index is -3.86. The number of halogens is 1. The van der Waals surface area contributed by atoms with Crippen molar-refractivity contribution in [2.24, 2.45) is 5.92 Å². The van der Waals surface area contributed by atoms with Crippen molar-refractivity contribution < 1.29 is 21.6 Å². The van der Waals surface area contributed by atoms with Crippen LogP contribution in [0.2, 0.25) is 5.02 Å². The number of nitrogens with zero attached hydrogens (tertiary/aromatic N) is 3. The lowest BCUT2D eigenvalue weighted by molar-refractivity contribution is 0.130. The molecule has 1 saturated heterocycles. The van der Waals surface area contributed by atoms with Gasteiger partial charge in [-0.3, -0.25) is 4.31 Å². The number of pyridine rings is 1. The topological polar surface area (TPSA) is 96.9 Å². The summed E-state index contributed by atoms with van der Waals surface area (Å²) in [5, 5.41) is 0.454. The van der Waals surface area contributed by atoms with Crippen molar-refractivity contribution in [2.75, 3.05) is 30.2 Å². The molecule has 11 heteroatoms. The van der Waals surface area contributed by atoms with Crippen LogP contribution in [0.4, 0.5) is 5.69 Å². The van der Waals surface area contributed by atoms with Crippen molar-refractivity contribution in [3.63, 3.8) is 0 Å². The van der Waals surface area contributed by atoms with E-state index in [-0.39, 0.29) is 16.9 Å². The molecule has 1 aliphatic rings. The first-order valence-corrected chi connectivity index (χ1v) is 14.0. The van der Waals surface area contributed by atoms with E-state index in [2.05, 4.69) is 4.98 Å². The summed E-state index contributed by atoms with van der Waals surface area (Å²) in [7, 11) is -7.06. The summed E-state index contributed by atoms with van der Waals surface area (Å²) in [5.41, 5.74) is 0.490. The van der Waals surface area contributed by atoms with Crippen molar-refractivity contribution in [1.29, 1.82) is 0 Å². The maximum Gasteiger partial charge on any atom is 0.265 e. The van der Waals surface area contributed by atoms with Gasteiger partial charge in [0.15, 0.2) is 0 Å². The van der Waals surface area contributed by atoms with Gasteiger partial charge in [0.25, 0.3) is 10.0 Å². The first-order valence-electron chi connectivity index (χ1n) is 10.3. The molecule has 0 unspecified atom stereocenters. The molecule has 0 atom stereocenters. The second-order valence-corrected chi connectivity index (χ2v) is 12.5. The first kappa shape index (κ1) is 24.8. The van der Waals surface area contributed by atoms with Gasteiger partial charge in [-0.05, 0) is 43.0 Å². The molecule has 1 aliphatic heterocycles. The quantitative estimate of drug-likeness (QED) is 0.550. The normalized spacial score (nSPS) is 16.3. The van der Waals surface area contributed by atoms with Crippen LogP contribution in [-0.2, 0) is 20.0 Å².